The number of nitrogens with one attached hydrogen (secondary N) is 1. The lowest BCUT2D eigenvalue weighted by molar-refractivity contribution is -0.0581. The van der Waals surface area contributed by atoms with Gasteiger partial charge in [0.05, 0.1) is 12.2 Å². The van der Waals surface area contributed by atoms with Crippen molar-refractivity contribution in [3.63, 3.8) is 0 Å². The first-order valence-corrected chi connectivity index (χ1v) is 7.71. The van der Waals surface area contributed by atoms with Crippen LogP contribution in [0.5, 0.6) is 0 Å². The molecule has 0 aromatic rings. The van der Waals surface area contributed by atoms with E-state index in [0.29, 0.717) is 23.7 Å². The molecule has 0 aromatic heterocycles. The van der Waals surface area contributed by atoms with Crippen LogP contribution in [0.15, 0.2) is 0 Å². The van der Waals surface area contributed by atoms with Gasteiger partial charge in [0.15, 0.2) is 0 Å². The molecular weight excluding hydrogens is 222 g/mol. The van der Waals surface area contributed by atoms with Gasteiger partial charge in [0.2, 0.25) is 0 Å². The highest BCUT2D eigenvalue weighted by Gasteiger charge is 2.33. The molecule has 0 spiro atoms. The molecule has 1 saturated carbocycles. The van der Waals surface area contributed by atoms with Crippen molar-refractivity contribution in [1.29, 1.82) is 0 Å². The van der Waals surface area contributed by atoms with Gasteiger partial charge in [-0.1, -0.05) is 27.7 Å². The third-order valence-corrected chi connectivity index (χ3v) is 4.14. The van der Waals surface area contributed by atoms with Crippen molar-refractivity contribution in [1.82, 2.24) is 5.32 Å². The van der Waals surface area contributed by atoms with Gasteiger partial charge in [0, 0.05) is 12.6 Å². The summed E-state index contributed by atoms with van der Waals surface area (Å²) in [4.78, 5) is 0. The van der Waals surface area contributed by atoms with E-state index in [2.05, 4.69) is 46.9 Å². The molecule has 1 aliphatic carbocycles. The lowest BCUT2D eigenvalue weighted by atomic mass is 9.71. The van der Waals surface area contributed by atoms with Gasteiger partial charge >= 0.3 is 0 Å². The van der Waals surface area contributed by atoms with Gasteiger partial charge in [-0.3, -0.25) is 0 Å². The van der Waals surface area contributed by atoms with Crippen LogP contribution in [0.25, 0.3) is 0 Å². The second-order valence-electron chi connectivity index (χ2n) is 7.20. The monoisotopic (exact) mass is 255 g/mol. The molecule has 1 N–H and O–H groups in total. The third kappa shape index (κ3) is 5.71. The van der Waals surface area contributed by atoms with E-state index in [9.17, 15) is 0 Å². The Hall–Kier alpha value is -0.0800. The van der Waals surface area contributed by atoms with E-state index in [0.717, 1.165) is 12.5 Å². The normalized spacial score (nSPS) is 31.0. The van der Waals surface area contributed by atoms with Gasteiger partial charge < -0.3 is 10.1 Å². The van der Waals surface area contributed by atoms with Crippen molar-refractivity contribution in [2.45, 2.75) is 85.5 Å². The molecule has 1 rings (SSSR count). The summed E-state index contributed by atoms with van der Waals surface area (Å²) in [5, 5.41) is 3.53. The van der Waals surface area contributed by atoms with Crippen LogP contribution in [0, 0.1) is 11.3 Å². The maximum Gasteiger partial charge on any atom is 0.0675 e. The molecule has 0 aromatic carbocycles. The van der Waals surface area contributed by atoms with Crippen molar-refractivity contribution in [3.8, 4) is 0 Å². The van der Waals surface area contributed by atoms with Crippen LogP contribution < -0.4 is 5.32 Å². The Balaban J connectivity index is 2.32. The molecule has 1 aliphatic rings. The molecule has 1 fully saturated rings. The quantitative estimate of drug-likeness (QED) is 0.774. The lowest BCUT2D eigenvalue weighted by Gasteiger charge is -2.39. The summed E-state index contributed by atoms with van der Waals surface area (Å²) in [5.41, 5.74) is 0.451. The van der Waals surface area contributed by atoms with Crippen molar-refractivity contribution in [2.24, 2.45) is 11.3 Å². The maximum absolute atomic E-state index is 6.23. The summed E-state index contributed by atoms with van der Waals surface area (Å²) < 4.78 is 6.23. The van der Waals surface area contributed by atoms with E-state index >= 15 is 0 Å². The Morgan fingerprint density at radius 1 is 1.28 bits per heavy atom. The largest absolute Gasteiger partial charge is 0.374 e. The predicted octanol–water partition coefficient (Wildman–Crippen LogP) is 3.99. The fourth-order valence-electron chi connectivity index (χ4n) is 3.25. The molecule has 0 radical (unpaired) electrons. The first kappa shape index (κ1) is 16.0. The van der Waals surface area contributed by atoms with E-state index in [-0.39, 0.29) is 0 Å². The summed E-state index contributed by atoms with van der Waals surface area (Å²) in [6.07, 6.45) is 5.75. The van der Waals surface area contributed by atoms with Gasteiger partial charge in [0.25, 0.3) is 0 Å². The Morgan fingerprint density at radius 2 is 1.94 bits per heavy atom. The smallest absolute Gasteiger partial charge is 0.0675 e. The molecular formula is C16H33NO. The summed E-state index contributed by atoms with van der Waals surface area (Å²) in [7, 11) is 0. The van der Waals surface area contributed by atoms with E-state index in [1.54, 1.807) is 0 Å². The second-order valence-corrected chi connectivity index (χ2v) is 7.20. The molecule has 0 bridgehead atoms. The summed E-state index contributed by atoms with van der Waals surface area (Å²) in [6, 6.07) is 0.595. The average molecular weight is 255 g/mol. The highest BCUT2D eigenvalue weighted by molar-refractivity contribution is 4.84. The van der Waals surface area contributed by atoms with Gasteiger partial charge in [-0.25, -0.2) is 0 Å². The maximum atomic E-state index is 6.23. The zero-order valence-electron chi connectivity index (χ0n) is 13.3. The van der Waals surface area contributed by atoms with E-state index in [1.165, 1.54) is 25.7 Å². The second kappa shape index (κ2) is 6.91. The van der Waals surface area contributed by atoms with Crippen LogP contribution in [0.4, 0.5) is 0 Å². The van der Waals surface area contributed by atoms with Crippen molar-refractivity contribution in [2.75, 3.05) is 6.54 Å². The molecule has 2 nitrogen and oxygen atoms in total. The highest BCUT2D eigenvalue weighted by atomic mass is 16.5. The molecule has 0 heterocycles. The molecule has 0 saturated heterocycles. The zero-order valence-corrected chi connectivity index (χ0v) is 13.3. The lowest BCUT2D eigenvalue weighted by Crippen LogP contribution is -2.39. The molecule has 18 heavy (non-hydrogen) atoms. The van der Waals surface area contributed by atoms with Crippen molar-refractivity contribution >= 4 is 0 Å². The topological polar surface area (TPSA) is 21.3 Å². The Kier molecular flexibility index (Phi) is 6.13. The van der Waals surface area contributed by atoms with Crippen molar-refractivity contribution in [3.05, 3.63) is 0 Å². The standard InChI is InChI=1S/C16H33NO/c1-7-13(3)17-11-14(4)18-15-8-12(2)9-16(5,6)10-15/h12-15,17H,7-11H2,1-6H3. The van der Waals surface area contributed by atoms with Crippen molar-refractivity contribution < 1.29 is 4.74 Å². The Morgan fingerprint density at radius 3 is 2.50 bits per heavy atom. The molecule has 4 atom stereocenters. The van der Waals surface area contributed by atoms with Gasteiger partial charge in [-0.15, -0.1) is 0 Å². The van der Waals surface area contributed by atoms with Crippen LogP contribution >= 0.6 is 0 Å². The molecule has 108 valence electrons. The van der Waals surface area contributed by atoms with Crippen LogP contribution in [0.2, 0.25) is 0 Å². The van der Waals surface area contributed by atoms with Gasteiger partial charge in [-0.05, 0) is 50.9 Å². The molecule has 4 unspecified atom stereocenters. The Bertz CT molecular complexity index is 239. The molecule has 0 aliphatic heterocycles. The van der Waals surface area contributed by atoms with E-state index < -0.39 is 0 Å². The van der Waals surface area contributed by atoms with E-state index in [1.807, 2.05) is 0 Å². The summed E-state index contributed by atoms with van der Waals surface area (Å²) in [6.45, 7) is 14.7. The van der Waals surface area contributed by atoms with Gasteiger partial charge in [0.1, 0.15) is 0 Å². The minimum atomic E-state index is 0.324. The molecule has 2 heteroatoms. The number of hydrogen-bond acceptors (Lipinski definition) is 2. The minimum Gasteiger partial charge on any atom is -0.374 e. The number of hydrogen-bond donors (Lipinski definition) is 1. The predicted molar refractivity (Wildman–Crippen MR) is 78.9 cm³/mol. The zero-order chi connectivity index (χ0) is 13.8. The van der Waals surface area contributed by atoms with E-state index in [4.69, 9.17) is 4.74 Å². The average Bonchev–Trinajstić information content (AvgIpc) is 2.22. The number of rotatable bonds is 6. The highest BCUT2D eigenvalue weighted by Crippen LogP contribution is 2.39. The minimum absolute atomic E-state index is 0.324. The summed E-state index contributed by atoms with van der Waals surface area (Å²) in [5.74, 6) is 0.800. The van der Waals surface area contributed by atoms with Gasteiger partial charge in [-0.2, -0.15) is 0 Å². The van der Waals surface area contributed by atoms with Crippen LogP contribution in [-0.2, 0) is 4.74 Å². The third-order valence-electron chi connectivity index (χ3n) is 4.14. The first-order valence-electron chi connectivity index (χ1n) is 7.71. The first-order chi connectivity index (χ1) is 8.32. The Labute approximate surface area is 114 Å². The molecule has 0 amide bonds. The number of ether oxygens (including phenoxy) is 1. The van der Waals surface area contributed by atoms with Crippen LogP contribution in [-0.4, -0.2) is 24.8 Å². The SMILES string of the molecule is CCC(C)NCC(C)OC1CC(C)CC(C)(C)C1. The van der Waals surface area contributed by atoms with Crippen LogP contribution in [0.1, 0.15) is 67.2 Å². The summed E-state index contributed by atoms with van der Waals surface area (Å²) >= 11 is 0. The fourth-order valence-corrected chi connectivity index (χ4v) is 3.25. The van der Waals surface area contributed by atoms with Crippen LogP contribution in [0.3, 0.4) is 0 Å². The fraction of sp³-hybridized carbons (Fsp3) is 1.00.